The van der Waals surface area contributed by atoms with Crippen LogP contribution in [0.5, 0.6) is 0 Å². The van der Waals surface area contributed by atoms with Gasteiger partial charge in [-0.1, -0.05) is 36.4 Å². The maximum absolute atomic E-state index is 12.2. The number of amides is 2. The molecule has 0 aliphatic heterocycles. The van der Waals surface area contributed by atoms with Gasteiger partial charge in [0.2, 0.25) is 0 Å². The van der Waals surface area contributed by atoms with Crippen molar-refractivity contribution < 1.29 is 9.00 Å². The van der Waals surface area contributed by atoms with Crippen LogP contribution in [0.15, 0.2) is 53.4 Å². The molecule has 126 valence electrons. The van der Waals surface area contributed by atoms with Crippen LogP contribution in [0.25, 0.3) is 0 Å². The van der Waals surface area contributed by atoms with Gasteiger partial charge in [0, 0.05) is 34.0 Å². The molecule has 1 atom stereocenters. The van der Waals surface area contributed by atoms with Gasteiger partial charge in [0.25, 0.3) is 0 Å². The summed E-state index contributed by atoms with van der Waals surface area (Å²) in [6.45, 7) is 2.53. The molecular formula is C19H22N2O2S. The number of rotatable bonds is 4. The quantitative estimate of drug-likeness (QED) is 0.898. The maximum Gasteiger partial charge on any atom is 0.315 e. The van der Waals surface area contributed by atoms with Crippen LogP contribution in [-0.2, 0) is 30.2 Å². The molecule has 5 heteroatoms. The number of fused-ring (bicyclic) bond motifs is 1. The smallest absolute Gasteiger partial charge is 0.315 e. The van der Waals surface area contributed by atoms with E-state index in [-0.39, 0.29) is 11.6 Å². The van der Waals surface area contributed by atoms with Gasteiger partial charge in [0.15, 0.2) is 0 Å². The molecule has 0 radical (unpaired) electrons. The zero-order chi connectivity index (χ0) is 17.2. The highest BCUT2D eigenvalue weighted by Crippen LogP contribution is 2.29. The average Bonchev–Trinajstić information content (AvgIpc) is 2.88. The Labute approximate surface area is 145 Å². The molecule has 0 heterocycles. The first-order valence-electron chi connectivity index (χ1n) is 8.00. The van der Waals surface area contributed by atoms with Crippen LogP contribution in [0.3, 0.4) is 0 Å². The van der Waals surface area contributed by atoms with E-state index in [1.165, 1.54) is 11.1 Å². The number of hydrogen-bond acceptors (Lipinski definition) is 2. The van der Waals surface area contributed by atoms with Crippen molar-refractivity contribution in [1.82, 2.24) is 10.6 Å². The molecule has 1 unspecified atom stereocenters. The molecule has 2 N–H and O–H groups in total. The Kier molecular flexibility index (Phi) is 4.71. The summed E-state index contributed by atoms with van der Waals surface area (Å²) in [6, 6.07) is 15.6. The summed E-state index contributed by atoms with van der Waals surface area (Å²) in [7, 11) is -0.978. The van der Waals surface area contributed by atoms with Crippen molar-refractivity contribution in [1.29, 1.82) is 0 Å². The predicted molar refractivity (Wildman–Crippen MR) is 96.4 cm³/mol. The normalized spacial score (nSPS) is 16.2. The highest BCUT2D eigenvalue weighted by molar-refractivity contribution is 7.84. The molecule has 24 heavy (non-hydrogen) atoms. The van der Waals surface area contributed by atoms with E-state index in [1.807, 2.05) is 36.4 Å². The fraction of sp³-hybridized carbons (Fsp3) is 0.316. The summed E-state index contributed by atoms with van der Waals surface area (Å²) in [5.41, 5.74) is 3.36. The fourth-order valence-electron chi connectivity index (χ4n) is 3.19. The molecule has 1 aliphatic carbocycles. The minimum absolute atomic E-state index is 0.159. The summed E-state index contributed by atoms with van der Waals surface area (Å²) in [5.74, 6) is 0. The standard InChI is InChI=1S/C19H22N2O2S/c1-19(11-15-5-3-4-6-16(15)12-19)21-18(22)20-13-14-7-9-17(10-8-14)24(2)23/h3-10H,11-13H2,1-2H3,(H2,20,21,22). The van der Waals surface area contributed by atoms with E-state index in [1.54, 1.807) is 6.26 Å². The largest absolute Gasteiger partial charge is 0.334 e. The van der Waals surface area contributed by atoms with E-state index in [2.05, 4.69) is 29.7 Å². The Morgan fingerprint density at radius 3 is 2.21 bits per heavy atom. The van der Waals surface area contributed by atoms with E-state index < -0.39 is 10.8 Å². The molecule has 1 aliphatic rings. The third-order valence-corrected chi connectivity index (χ3v) is 5.34. The molecule has 0 bridgehead atoms. The number of urea groups is 1. The van der Waals surface area contributed by atoms with Gasteiger partial charge in [-0.15, -0.1) is 0 Å². The molecule has 4 nitrogen and oxygen atoms in total. The van der Waals surface area contributed by atoms with Gasteiger partial charge in [0.1, 0.15) is 0 Å². The first-order chi connectivity index (χ1) is 11.5. The van der Waals surface area contributed by atoms with E-state index in [9.17, 15) is 9.00 Å². The molecule has 2 amide bonds. The molecule has 3 rings (SSSR count). The lowest BCUT2D eigenvalue weighted by molar-refractivity contribution is 0.228. The van der Waals surface area contributed by atoms with Gasteiger partial charge in [-0.2, -0.15) is 0 Å². The number of carbonyl (C=O) groups is 1. The molecule has 2 aromatic carbocycles. The van der Waals surface area contributed by atoms with Crippen molar-refractivity contribution in [2.24, 2.45) is 0 Å². The predicted octanol–water partition coefficient (Wildman–Crippen LogP) is 2.78. The summed E-state index contributed by atoms with van der Waals surface area (Å²) in [5, 5.41) is 6.00. The van der Waals surface area contributed by atoms with Crippen LogP contribution in [-0.4, -0.2) is 22.0 Å². The van der Waals surface area contributed by atoms with Gasteiger partial charge in [-0.25, -0.2) is 4.79 Å². The molecule has 0 saturated carbocycles. The summed E-state index contributed by atoms with van der Waals surface area (Å²) >= 11 is 0. The Balaban J connectivity index is 1.54. The zero-order valence-corrected chi connectivity index (χ0v) is 14.8. The topological polar surface area (TPSA) is 58.2 Å². The van der Waals surface area contributed by atoms with Crippen molar-refractivity contribution >= 4 is 16.8 Å². The Morgan fingerprint density at radius 1 is 1.08 bits per heavy atom. The molecule has 0 saturated heterocycles. The van der Waals surface area contributed by atoms with E-state index in [0.717, 1.165) is 23.3 Å². The lowest BCUT2D eigenvalue weighted by atomic mass is 9.99. The second-order valence-electron chi connectivity index (χ2n) is 6.59. The van der Waals surface area contributed by atoms with Crippen molar-refractivity contribution in [3.05, 3.63) is 65.2 Å². The van der Waals surface area contributed by atoms with Crippen LogP contribution in [0, 0.1) is 0 Å². The summed E-state index contributed by atoms with van der Waals surface area (Å²) < 4.78 is 11.4. The van der Waals surface area contributed by atoms with Crippen LogP contribution >= 0.6 is 0 Å². The van der Waals surface area contributed by atoms with Crippen molar-refractivity contribution in [2.45, 2.75) is 36.7 Å². The van der Waals surface area contributed by atoms with Crippen molar-refractivity contribution in [3.8, 4) is 0 Å². The molecule has 0 spiro atoms. The monoisotopic (exact) mass is 342 g/mol. The molecule has 0 fully saturated rings. The van der Waals surface area contributed by atoms with Crippen molar-refractivity contribution in [2.75, 3.05) is 6.26 Å². The lowest BCUT2D eigenvalue weighted by Gasteiger charge is -2.25. The lowest BCUT2D eigenvalue weighted by Crippen LogP contribution is -2.50. The number of carbonyl (C=O) groups excluding carboxylic acids is 1. The molecular weight excluding hydrogens is 320 g/mol. The molecule has 2 aromatic rings. The second kappa shape index (κ2) is 6.77. The third kappa shape index (κ3) is 3.85. The van der Waals surface area contributed by atoms with Gasteiger partial charge in [-0.05, 0) is 48.6 Å². The van der Waals surface area contributed by atoms with Crippen molar-refractivity contribution in [3.63, 3.8) is 0 Å². The number of benzene rings is 2. The van der Waals surface area contributed by atoms with E-state index in [4.69, 9.17) is 0 Å². The van der Waals surface area contributed by atoms with E-state index in [0.29, 0.717) is 6.54 Å². The number of hydrogen-bond donors (Lipinski definition) is 2. The highest BCUT2D eigenvalue weighted by atomic mass is 32.2. The third-order valence-electron chi connectivity index (χ3n) is 4.40. The van der Waals surface area contributed by atoms with Gasteiger partial charge in [0.05, 0.1) is 0 Å². The average molecular weight is 342 g/mol. The van der Waals surface area contributed by atoms with Crippen LogP contribution in [0.4, 0.5) is 4.79 Å². The minimum atomic E-state index is -0.978. The first kappa shape index (κ1) is 16.7. The summed E-state index contributed by atoms with van der Waals surface area (Å²) in [4.78, 5) is 13.0. The first-order valence-corrected chi connectivity index (χ1v) is 9.56. The maximum atomic E-state index is 12.2. The van der Waals surface area contributed by atoms with Gasteiger partial charge >= 0.3 is 6.03 Å². The van der Waals surface area contributed by atoms with Gasteiger partial charge < -0.3 is 10.6 Å². The summed E-state index contributed by atoms with van der Waals surface area (Å²) in [6.07, 6.45) is 3.36. The number of nitrogens with one attached hydrogen (secondary N) is 2. The van der Waals surface area contributed by atoms with E-state index >= 15 is 0 Å². The molecule has 0 aromatic heterocycles. The van der Waals surface area contributed by atoms with Gasteiger partial charge in [-0.3, -0.25) is 4.21 Å². The Bertz CT molecular complexity index is 746. The Hall–Kier alpha value is -2.14. The van der Waals surface area contributed by atoms with Crippen LogP contribution in [0.2, 0.25) is 0 Å². The van der Waals surface area contributed by atoms with Crippen LogP contribution in [0.1, 0.15) is 23.6 Å². The minimum Gasteiger partial charge on any atom is -0.334 e. The second-order valence-corrected chi connectivity index (χ2v) is 7.97. The van der Waals surface area contributed by atoms with Crippen LogP contribution < -0.4 is 10.6 Å². The fourth-order valence-corrected chi connectivity index (χ4v) is 3.71. The highest BCUT2D eigenvalue weighted by Gasteiger charge is 2.33. The SMILES string of the molecule is CS(=O)c1ccc(CNC(=O)NC2(C)Cc3ccccc3C2)cc1. The zero-order valence-electron chi connectivity index (χ0n) is 14.0. The Morgan fingerprint density at radius 2 is 1.67 bits per heavy atom.